The largest absolute Gasteiger partial charge is 0.495 e. The van der Waals surface area contributed by atoms with Gasteiger partial charge in [0.25, 0.3) is 5.91 Å². The normalized spacial score (nSPS) is 15.2. The average molecular weight is 327 g/mol. The number of anilines is 2. The van der Waals surface area contributed by atoms with Crippen molar-refractivity contribution in [2.45, 2.75) is 0 Å². The molecule has 0 aliphatic carbocycles. The van der Waals surface area contributed by atoms with Gasteiger partial charge in [-0.2, -0.15) is 0 Å². The van der Waals surface area contributed by atoms with Crippen LogP contribution in [0.25, 0.3) is 0 Å². The van der Waals surface area contributed by atoms with Crippen molar-refractivity contribution in [1.82, 2.24) is 19.8 Å². The first-order valence-electron chi connectivity index (χ1n) is 7.87. The monoisotopic (exact) mass is 327 g/mol. The molecule has 1 saturated heterocycles. The van der Waals surface area contributed by atoms with Crippen LogP contribution in [0.4, 0.5) is 11.6 Å². The highest BCUT2D eigenvalue weighted by molar-refractivity contribution is 5.93. The van der Waals surface area contributed by atoms with Crippen molar-refractivity contribution in [1.29, 1.82) is 0 Å². The zero-order valence-electron chi connectivity index (χ0n) is 13.9. The van der Waals surface area contributed by atoms with E-state index in [1.54, 1.807) is 19.5 Å². The standard InChI is InChI=1S/C17H21N5O2/c1-21-7-9-22(10-8-21)16(23)13-11-18-17(19-12-13)20-14-5-3-4-6-15(14)24-2/h3-6,11-12H,7-10H2,1-2H3,(H,18,19,20). The summed E-state index contributed by atoms with van der Waals surface area (Å²) in [6.45, 7) is 3.24. The number of benzene rings is 1. The Morgan fingerprint density at radius 3 is 2.46 bits per heavy atom. The Balaban J connectivity index is 1.68. The molecule has 1 aromatic heterocycles. The minimum atomic E-state index is -0.0214. The van der Waals surface area contributed by atoms with Gasteiger partial charge in [0.2, 0.25) is 5.95 Å². The predicted molar refractivity (Wildman–Crippen MR) is 91.7 cm³/mol. The Labute approximate surface area is 141 Å². The Kier molecular flexibility index (Phi) is 4.90. The molecule has 1 amide bonds. The maximum absolute atomic E-state index is 12.5. The van der Waals surface area contributed by atoms with Crippen LogP contribution in [0.5, 0.6) is 5.75 Å². The van der Waals surface area contributed by atoms with Gasteiger partial charge in [0.15, 0.2) is 0 Å². The number of methoxy groups -OCH3 is 1. The van der Waals surface area contributed by atoms with Gasteiger partial charge >= 0.3 is 0 Å². The van der Waals surface area contributed by atoms with Gasteiger partial charge in [-0.25, -0.2) is 9.97 Å². The van der Waals surface area contributed by atoms with E-state index in [4.69, 9.17) is 4.74 Å². The SMILES string of the molecule is COc1ccccc1Nc1ncc(C(=O)N2CCN(C)CC2)cn1. The summed E-state index contributed by atoms with van der Waals surface area (Å²) in [6, 6.07) is 7.53. The lowest BCUT2D eigenvalue weighted by Crippen LogP contribution is -2.47. The maximum Gasteiger partial charge on any atom is 0.257 e. The highest BCUT2D eigenvalue weighted by atomic mass is 16.5. The van der Waals surface area contributed by atoms with Crippen LogP contribution < -0.4 is 10.1 Å². The molecule has 0 unspecified atom stereocenters. The van der Waals surface area contributed by atoms with Gasteiger partial charge in [0.05, 0.1) is 18.4 Å². The molecular weight excluding hydrogens is 306 g/mol. The molecule has 2 aromatic rings. The van der Waals surface area contributed by atoms with Crippen LogP contribution in [-0.4, -0.2) is 66.0 Å². The molecule has 3 rings (SSSR count). The molecule has 0 bridgehead atoms. The van der Waals surface area contributed by atoms with Crippen LogP contribution in [0.2, 0.25) is 0 Å². The summed E-state index contributed by atoms with van der Waals surface area (Å²) < 4.78 is 5.28. The number of nitrogens with one attached hydrogen (secondary N) is 1. The molecular formula is C17H21N5O2. The minimum absolute atomic E-state index is 0.0214. The highest BCUT2D eigenvalue weighted by Gasteiger charge is 2.20. The van der Waals surface area contributed by atoms with Crippen LogP contribution >= 0.6 is 0 Å². The summed E-state index contributed by atoms with van der Waals surface area (Å²) in [5, 5.41) is 3.10. The predicted octanol–water partition coefficient (Wildman–Crippen LogP) is 1.62. The summed E-state index contributed by atoms with van der Waals surface area (Å²) in [5.74, 6) is 1.11. The number of nitrogens with zero attached hydrogens (tertiary/aromatic N) is 4. The molecule has 1 aliphatic rings. The first kappa shape index (κ1) is 16.2. The Hall–Kier alpha value is -2.67. The lowest BCUT2D eigenvalue weighted by molar-refractivity contribution is 0.0663. The van der Waals surface area contributed by atoms with Crippen molar-refractivity contribution in [3.05, 3.63) is 42.2 Å². The second kappa shape index (κ2) is 7.27. The number of carbonyl (C=O) groups is 1. The number of piperazine rings is 1. The molecule has 0 atom stereocenters. The number of ether oxygens (including phenoxy) is 1. The number of hydrogen-bond donors (Lipinski definition) is 1. The molecule has 0 radical (unpaired) electrons. The zero-order valence-corrected chi connectivity index (χ0v) is 13.9. The van der Waals surface area contributed by atoms with Gasteiger partial charge in [0.1, 0.15) is 5.75 Å². The van der Waals surface area contributed by atoms with Gasteiger partial charge in [-0.15, -0.1) is 0 Å². The van der Waals surface area contributed by atoms with Crippen molar-refractivity contribution < 1.29 is 9.53 Å². The van der Waals surface area contributed by atoms with Gasteiger partial charge in [-0.1, -0.05) is 12.1 Å². The number of amides is 1. The Morgan fingerprint density at radius 1 is 1.12 bits per heavy atom. The number of para-hydroxylation sites is 2. The fraction of sp³-hybridized carbons (Fsp3) is 0.353. The number of likely N-dealkylation sites (N-methyl/N-ethyl adjacent to an activating group) is 1. The van der Waals surface area contributed by atoms with Gasteiger partial charge in [-0.3, -0.25) is 4.79 Å². The van der Waals surface area contributed by atoms with E-state index in [9.17, 15) is 4.79 Å². The highest BCUT2D eigenvalue weighted by Crippen LogP contribution is 2.25. The molecule has 1 N–H and O–H groups in total. The molecule has 0 saturated carbocycles. The van der Waals surface area contributed by atoms with Crippen molar-refractivity contribution in [2.75, 3.05) is 45.7 Å². The minimum Gasteiger partial charge on any atom is -0.495 e. The third kappa shape index (κ3) is 3.62. The molecule has 126 valence electrons. The van der Waals surface area contributed by atoms with Crippen molar-refractivity contribution >= 4 is 17.5 Å². The maximum atomic E-state index is 12.5. The first-order chi connectivity index (χ1) is 11.7. The van der Waals surface area contributed by atoms with Crippen molar-refractivity contribution in [2.24, 2.45) is 0 Å². The molecule has 7 nitrogen and oxygen atoms in total. The van der Waals surface area contributed by atoms with E-state index in [2.05, 4.69) is 27.2 Å². The summed E-state index contributed by atoms with van der Waals surface area (Å²) in [7, 11) is 3.67. The van der Waals surface area contributed by atoms with Gasteiger partial charge in [-0.05, 0) is 19.2 Å². The zero-order chi connectivity index (χ0) is 16.9. The second-order valence-corrected chi connectivity index (χ2v) is 5.72. The van der Waals surface area contributed by atoms with Gasteiger partial charge in [0, 0.05) is 38.6 Å². The van der Waals surface area contributed by atoms with E-state index in [0.717, 1.165) is 31.9 Å². The summed E-state index contributed by atoms with van der Waals surface area (Å²) in [5.41, 5.74) is 1.28. The van der Waals surface area contributed by atoms with E-state index in [-0.39, 0.29) is 5.91 Å². The van der Waals surface area contributed by atoms with Crippen molar-refractivity contribution in [3.8, 4) is 5.75 Å². The third-order valence-corrected chi connectivity index (χ3v) is 4.04. The number of carbonyl (C=O) groups excluding carboxylic acids is 1. The van der Waals surface area contributed by atoms with Crippen LogP contribution in [0.1, 0.15) is 10.4 Å². The van der Waals surface area contributed by atoms with Crippen LogP contribution in [-0.2, 0) is 0 Å². The first-order valence-corrected chi connectivity index (χ1v) is 7.87. The average Bonchev–Trinajstić information content (AvgIpc) is 2.63. The quantitative estimate of drug-likeness (QED) is 0.920. The number of aromatic nitrogens is 2. The van der Waals surface area contributed by atoms with Crippen LogP contribution in [0.3, 0.4) is 0 Å². The van der Waals surface area contributed by atoms with E-state index in [0.29, 0.717) is 17.3 Å². The molecule has 1 aliphatic heterocycles. The molecule has 2 heterocycles. The second-order valence-electron chi connectivity index (χ2n) is 5.72. The Morgan fingerprint density at radius 2 is 1.79 bits per heavy atom. The Bertz CT molecular complexity index is 696. The number of rotatable bonds is 4. The van der Waals surface area contributed by atoms with Crippen LogP contribution in [0.15, 0.2) is 36.7 Å². The van der Waals surface area contributed by atoms with E-state index in [1.165, 1.54) is 0 Å². The summed E-state index contributed by atoms with van der Waals surface area (Å²) >= 11 is 0. The van der Waals surface area contributed by atoms with E-state index >= 15 is 0 Å². The fourth-order valence-corrected chi connectivity index (χ4v) is 2.56. The molecule has 1 aromatic carbocycles. The smallest absolute Gasteiger partial charge is 0.257 e. The van der Waals surface area contributed by atoms with Crippen molar-refractivity contribution in [3.63, 3.8) is 0 Å². The third-order valence-electron chi connectivity index (χ3n) is 4.04. The molecule has 7 heteroatoms. The number of hydrogen-bond acceptors (Lipinski definition) is 6. The topological polar surface area (TPSA) is 70.6 Å². The van der Waals surface area contributed by atoms with Gasteiger partial charge < -0.3 is 19.9 Å². The van der Waals surface area contributed by atoms with Crippen LogP contribution in [0, 0.1) is 0 Å². The lowest BCUT2D eigenvalue weighted by Gasteiger charge is -2.32. The molecule has 24 heavy (non-hydrogen) atoms. The van der Waals surface area contributed by atoms with E-state index < -0.39 is 0 Å². The summed E-state index contributed by atoms with van der Waals surface area (Å²) in [6.07, 6.45) is 3.12. The van der Waals surface area contributed by atoms with E-state index in [1.807, 2.05) is 29.2 Å². The lowest BCUT2D eigenvalue weighted by atomic mass is 10.2. The molecule has 1 fully saturated rings. The molecule has 0 spiro atoms. The summed E-state index contributed by atoms with van der Waals surface area (Å²) in [4.78, 5) is 25.0. The fourth-order valence-electron chi connectivity index (χ4n) is 2.56.